The molecule has 2 heterocycles. The SMILES string of the molecule is N#Cc1cnc(NCc2ccccc2OC(F)(F)F)nc1NC1CCc2nc[nH]c2C1. The number of rotatable bonds is 6. The Kier molecular flexibility index (Phi) is 5.62. The maximum absolute atomic E-state index is 12.6. The molecule has 0 fully saturated rings. The highest BCUT2D eigenvalue weighted by Gasteiger charge is 2.32. The average molecular weight is 429 g/mol. The van der Waals surface area contributed by atoms with Crippen molar-refractivity contribution in [2.75, 3.05) is 10.6 Å². The van der Waals surface area contributed by atoms with Crippen molar-refractivity contribution >= 4 is 11.8 Å². The molecule has 0 spiro atoms. The molecule has 1 aromatic carbocycles. The predicted octanol–water partition coefficient (Wildman–Crippen LogP) is 3.55. The fourth-order valence-electron chi connectivity index (χ4n) is 3.42. The van der Waals surface area contributed by atoms with E-state index in [1.165, 1.54) is 24.4 Å². The van der Waals surface area contributed by atoms with Crippen molar-refractivity contribution in [1.29, 1.82) is 5.26 Å². The van der Waals surface area contributed by atoms with Crippen LogP contribution in [-0.4, -0.2) is 32.3 Å². The second kappa shape index (κ2) is 8.51. The summed E-state index contributed by atoms with van der Waals surface area (Å²) in [6.07, 6.45) is 0.616. The molecule has 1 aliphatic rings. The minimum absolute atomic E-state index is 0.0124. The van der Waals surface area contributed by atoms with Crippen LogP contribution in [0.4, 0.5) is 24.9 Å². The van der Waals surface area contributed by atoms with E-state index in [9.17, 15) is 18.4 Å². The van der Waals surface area contributed by atoms with Crippen molar-refractivity contribution in [3.8, 4) is 11.8 Å². The van der Waals surface area contributed by atoms with Gasteiger partial charge in [0.25, 0.3) is 0 Å². The number of nitrogens with one attached hydrogen (secondary N) is 3. The Balaban J connectivity index is 1.47. The van der Waals surface area contributed by atoms with Crippen molar-refractivity contribution < 1.29 is 17.9 Å². The molecular formula is C20H18F3N7O. The smallest absolute Gasteiger partial charge is 0.405 e. The molecule has 0 bridgehead atoms. The van der Waals surface area contributed by atoms with E-state index >= 15 is 0 Å². The Labute approximate surface area is 175 Å². The van der Waals surface area contributed by atoms with Gasteiger partial charge in [-0.3, -0.25) is 0 Å². The number of aromatic amines is 1. The van der Waals surface area contributed by atoms with Crippen molar-refractivity contribution in [3.63, 3.8) is 0 Å². The van der Waals surface area contributed by atoms with E-state index < -0.39 is 6.36 Å². The van der Waals surface area contributed by atoms with Gasteiger partial charge in [0, 0.05) is 30.3 Å². The molecule has 1 unspecified atom stereocenters. The lowest BCUT2D eigenvalue weighted by Crippen LogP contribution is -2.28. The molecule has 4 rings (SSSR count). The quantitative estimate of drug-likeness (QED) is 0.549. The fraction of sp³-hybridized carbons (Fsp3) is 0.300. The highest BCUT2D eigenvalue weighted by Crippen LogP contribution is 2.27. The Morgan fingerprint density at radius 1 is 1.26 bits per heavy atom. The maximum atomic E-state index is 12.6. The molecule has 0 saturated carbocycles. The van der Waals surface area contributed by atoms with Crippen LogP contribution in [0.15, 0.2) is 36.8 Å². The van der Waals surface area contributed by atoms with Gasteiger partial charge in [-0.15, -0.1) is 13.2 Å². The van der Waals surface area contributed by atoms with E-state index in [1.54, 1.807) is 12.4 Å². The average Bonchev–Trinajstić information content (AvgIpc) is 3.20. The molecule has 0 radical (unpaired) electrons. The first-order valence-electron chi connectivity index (χ1n) is 9.53. The van der Waals surface area contributed by atoms with Crippen molar-refractivity contribution in [2.45, 2.75) is 38.2 Å². The first kappa shape index (κ1) is 20.5. The van der Waals surface area contributed by atoms with Crippen LogP contribution >= 0.6 is 0 Å². The maximum Gasteiger partial charge on any atom is 0.573 e. The minimum Gasteiger partial charge on any atom is -0.405 e. The molecular weight excluding hydrogens is 411 g/mol. The van der Waals surface area contributed by atoms with Crippen LogP contribution in [0.1, 0.15) is 28.9 Å². The Morgan fingerprint density at radius 3 is 2.90 bits per heavy atom. The Bertz CT molecular complexity index is 1110. The zero-order valence-corrected chi connectivity index (χ0v) is 16.2. The monoisotopic (exact) mass is 429 g/mol. The summed E-state index contributed by atoms with van der Waals surface area (Å²) >= 11 is 0. The van der Waals surface area contributed by atoms with E-state index in [0.29, 0.717) is 11.4 Å². The van der Waals surface area contributed by atoms with E-state index in [0.717, 1.165) is 30.7 Å². The topological polar surface area (TPSA) is 112 Å². The standard InChI is InChI=1S/C20H18F3N7O/c21-20(22,23)31-17-4-2-1-3-12(17)9-25-19-26-10-13(8-24)18(30-19)29-14-5-6-15-16(7-14)28-11-27-15/h1-4,10-11,14H,5-7,9H2,(H,27,28)(H2,25,26,29,30). The van der Waals surface area contributed by atoms with Crippen LogP contribution in [0, 0.1) is 11.3 Å². The van der Waals surface area contributed by atoms with E-state index in [1.807, 2.05) is 0 Å². The molecule has 3 aromatic rings. The number of halogens is 3. The number of ether oxygens (including phenoxy) is 1. The molecule has 1 aliphatic carbocycles. The number of imidazole rings is 1. The second-order valence-corrected chi connectivity index (χ2v) is 6.99. The van der Waals surface area contributed by atoms with Gasteiger partial charge in [0.05, 0.1) is 18.2 Å². The number of hydrogen-bond acceptors (Lipinski definition) is 7. The van der Waals surface area contributed by atoms with Crippen LogP contribution in [-0.2, 0) is 19.4 Å². The first-order valence-corrected chi connectivity index (χ1v) is 9.53. The number of benzene rings is 1. The van der Waals surface area contributed by atoms with Gasteiger partial charge in [0.1, 0.15) is 23.2 Å². The summed E-state index contributed by atoms with van der Waals surface area (Å²) in [7, 11) is 0. The number of alkyl halides is 3. The lowest BCUT2D eigenvalue weighted by atomic mass is 9.96. The lowest BCUT2D eigenvalue weighted by Gasteiger charge is -2.23. The van der Waals surface area contributed by atoms with Gasteiger partial charge < -0.3 is 20.4 Å². The highest BCUT2D eigenvalue weighted by atomic mass is 19.4. The summed E-state index contributed by atoms with van der Waals surface area (Å²) < 4.78 is 41.9. The van der Waals surface area contributed by atoms with Crippen molar-refractivity contribution in [2.24, 2.45) is 0 Å². The van der Waals surface area contributed by atoms with Gasteiger partial charge in [0.2, 0.25) is 5.95 Å². The molecule has 1 atom stereocenters. The summed E-state index contributed by atoms with van der Waals surface area (Å²) in [6, 6.07) is 7.94. The Morgan fingerprint density at radius 2 is 2.10 bits per heavy atom. The molecule has 31 heavy (non-hydrogen) atoms. The van der Waals surface area contributed by atoms with Gasteiger partial charge in [-0.25, -0.2) is 9.97 Å². The number of fused-ring (bicyclic) bond motifs is 1. The molecule has 0 aliphatic heterocycles. The number of hydrogen-bond donors (Lipinski definition) is 3. The second-order valence-electron chi connectivity index (χ2n) is 6.99. The van der Waals surface area contributed by atoms with E-state index in [2.05, 4.69) is 41.4 Å². The van der Waals surface area contributed by atoms with Crippen LogP contribution in [0.25, 0.3) is 0 Å². The van der Waals surface area contributed by atoms with Crippen LogP contribution < -0.4 is 15.4 Å². The number of aryl methyl sites for hydroxylation is 1. The normalized spacial score (nSPS) is 15.6. The summed E-state index contributed by atoms with van der Waals surface area (Å²) in [5, 5.41) is 15.6. The summed E-state index contributed by atoms with van der Waals surface area (Å²) in [6.45, 7) is 0.0124. The third-order valence-corrected chi connectivity index (χ3v) is 4.87. The van der Waals surface area contributed by atoms with E-state index in [-0.39, 0.29) is 29.8 Å². The van der Waals surface area contributed by atoms with Gasteiger partial charge in [-0.2, -0.15) is 10.2 Å². The number of aromatic nitrogens is 4. The van der Waals surface area contributed by atoms with Crippen LogP contribution in [0.3, 0.4) is 0 Å². The molecule has 8 nitrogen and oxygen atoms in total. The number of nitriles is 1. The van der Waals surface area contributed by atoms with Gasteiger partial charge >= 0.3 is 6.36 Å². The summed E-state index contributed by atoms with van der Waals surface area (Å²) in [5.41, 5.74) is 2.67. The third-order valence-electron chi connectivity index (χ3n) is 4.87. The number of para-hydroxylation sites is 1. The van der Waals surface area contributed by atoms with Crippen molar-refractivity contribution in [1.82, 2.24) is 19.9 Å². The minimum atomic E-state index is -4.79. The predicted molar refractivity (Wildman–Crippen MR) is 105 cm³/mol. The largest absolute Gasteiger partial charge is 0.573 e. The summed E-state index contributed by atoms with van der Waals surface area (Å²) in [5.74, 6) is 0.251. The molecule has 11 heteroatoms. The van der Waals surface area contributed by atoms with Crippen LogP contribution in [0.5, 0.6) is 5.75 Å². The first-order chi connectivity index (χ1) is 14.9. The summed E-state index contributed by atoms with van der Waals surface area (Å²) in [4.78, 5) is 15.8. The van der Waals surface area contributed by atoms with E-state index in [4.69, 9.17) is 0 Å². The van der Waals surface area contributed by atoms with Gasteiger partial charge in [0.15, 0.2) is 0 Å². The number of anilines is 2. The lowest BCUT2D eigenvalue weighted by molar-refractivity contribution is -0.274. The molecule has 0 amide bonds. The highest BCUT2D eigenvalue weighted by molar-refractivity contribution is 5.54. The Hall–Kier alpha value is -3.81. The third kappa shape index (κ3) is 5.03. The van der Waals surface area contributed by atoms with Crippen LogP contribution in [0.2, 0.25) is 0 Å². The zero-order chi connectivity index (χ0) is 21.8. The van der Waals surface area contributed by atoms with Crippen molar-refractivity contribution in [3.05, 3.63) is 59.3 Å². The fourth-order valence-corrected chi connectivity index (χ4v) is 3.42. The zero-order valence-electron chi connectivity index (χ0n) is 16.2. The van der Waals surface area contributed by atoms with Gasteiger partial charge in [-0.1, -0.05) is 18.2 Å². The molecule has 3 N–H and O–H groups in total. The number of nitrogens with zero attached hydrogens (tertiary/aromatic N) is 4. The number of H-pyrrole nitrogens is 1. The molecule has 0 saturated heterocycles. The molecule has 160 valence electrons. The molecule has 2 aromatic heterocycles. The van der Waals surface area contributed by atoms with Gasteiger partial charge in [-0.05, 0) is 18.9 Å².